The van der Waals surface area contributed by atoms with E-state index in [2.05, 4.69) is 26.1 Å². The van der Waals surface area contributed by atoms with Gasteiger partial charge in [0.15, 0.2) is 11.1 Å². The molecule has 1 N–H and O–H groups in total. The first kappa shape index (κ1) is 8.19. The molecule has 0 saturated heterocycles. The fraction of sp³-hybridized carbons (Fsp3) is 0.400. The van der Waals surface area contributed by atoms with Crippen LogP contribution in [0.4, 0.5) is 0 Å². The summed E-state index contributed by atoms with van der Waals surface area (Å²) in [6.07, 6.45) is 0. The number of carboxylic acids is 1. The molecule has 0 aliphatic rings. The van der Waals surface area contributed by atoms with Crippen LogP contribution in [0.1, 0.15) is 5.69 Å². The summed E-state index contributed by atoms with van der Waals surface area (Å²) >= 11 is 3.12. The van der Waals surface area contributed by atoms with E-state index in [0.717, 1.165) is 4.80 Å². The van der Waals surface area contributed by atoms with E-state index in [-0.39, 0.29) is 6.54 Å². The Morgan fingerprint density at radius 3 is 2.73 bits per heavy atom. The average Bonchev–Trinajstić information content (AvgIpc) is 2.10. The van der Waals surface area contributed by atoms with Gasteiger partial charge in [0.2, 0.25) is 0 Å². The number of hydrogen-bond donors (Lipinski definition) is 1. The number of rotatable bonds is 2. The zero-order chi connectivity index (χ0) is 8.43. The fourth-order valence-corrected chi connectivity index (χ4v) is 0.865. The molecule has 11 heavy (non-hydrogen) atoms. The first-order valence-electron chi connectivity index (χ1n) is 2.88. The molecular weight excluding hydrogens is 214 g/mol. The van der Waals surface area contributed by atoms with Crippen molar-refractivity contribution in [1.29, 1.82) is 0 Å². The molecule has 0 radical (unpaired) electrons. The van der Waals surface area contributed by atoms with Crippen molar-refractivity contribution >= 4 is 21.9 Å². The van der Waals surface area contributed by atoms with E-state index in [1.807, 2.05) is 0 Å². The van der Waals surface area contributed by atoms with E-state index in [0.29, 0.717) is 10.3 Å². The number of hydrogen-bond acceptors (Lipinski definition) is 3. The van der Waals surface area contributed by atoms with Gasteiger partial charge in [-0.2, -0.15) is 9.90 Å². The lowest BCUT2D eigenvalue weighted by Crippen LogP contribution is -2.11. The summed E-state index contributed by atoms with van der Waals surface area (Å²) < 4.78 is 0.582. The standard InChI is InChI=1S/C5H6BrN3O2/c1-3-5(6)8-9(7-3)2-4(10)11/h2H2,1H3,(H,10,11). The minimum atomic E-state index is -0.951. The molecule has 0 aromatic carbocycles. The largest absolute Gasteiger partial charge is 0.480 e. The van der Waals surface area contributed by atoms with Gasteiger partial charge in [-0.1, -0.05) is 0 Å². The molecule has 60 valence electrons. The van der Waals surface area contributed by atoms with E-state index in [1.165, 1.54) is 0 Å². The highest BCUT2D eigenvalue weighted by Gasteiger charge is 2.05. The SMILES string of the molecule is Cc1nn(CC(=O)O)nc1Br. The number of carboxylic acid groups (broad SMARTS) is 1. The molecule has 0 amide bonds. The van der Waals surface area contributed by atoms with Crippen molar-refractivity contribution in [3.63, 3.8) is 0 Å². The highest BCUT2D eigenvalue weighted by atomic mass is 79.9. The van der Waals surface area contributed by atoms with Crippen LogP contribution in [0.25, 0.3) is 0 Å². The normalized spacial score (nSPS) is 10.0. The molecule has 1 aromatic heterocycles. The zero-order valence-electron chi connectivity index (χ0n) is 5.78. The summed E-state index contributed by atoms with van der Waals surface area (Å²) in [5, 5.41) is 16.0. The molecule has 0 saturated carbocycles. The minimum absolute atomic E-state index is 0.202. The fourth-order valence-electron chi connectivity index (χ4n) is 0.602. The van der Waals surface area contributed by atoms with Crippen LogP contribution < -0.4 is 0 Å². The van der Waals surface area contributed by atoms with Gasteiger partial charge < -0.3 is 5.11 Å². The molecule has 1 aromatic rings. The molecule has 0 aliphatic heterocycles. The van der Waals surface area contributed by atoms with Crippen molar-refractivity contribution in [3.05, 3.63) is 10.3 Å². The summed E-state index contributed by atoms with van der Waals surface area (Å²) in [5.41, 5.74) is 0.686. The third-order valence-electron chi connectivity index (χ3n) is 1.04. The van der Waals surface area contributed by atoms with Crippen molar-refractivity contribution in [2.45, 2.75) is 13.5 Å². The molecule has 1 heterocycles. The number of nitrogens with zero attached hydrogens (tertiary/aromatic N) is 3. The maximum atomic E-state index is 10.2. The first-order chi connectivity index (χ1) is 5.09. The van der Waals surface area contributed by atoms with Gasteiger partial charge in [-0.05, 0) is 22.9 Å². The van der Waals surface area contributed by atoms with E-state index in [1.54, 1.807) is 6.92 Å². The van der Waals surface area contributed by atoms with E-state index >= 15 is 0 Å². The zero-order valence-corrected chi connectivity index (χ0v) is 7.37. The van der Waals surface area contributed by atoms with Gasteiger partial charge in [0, 0.05) is 0 Å². The average molecular weight is 220 g/mol. The maximum absolute atomic E-state index is 10.2. The number of aromatic nitrogens is 3. The monoisotopic (exact) mass is 219 g/mol. The molecule has 0 fully saturated rings. The number of carbonyl (C=O) groups is 1. The Labute approximate surface area is 71.1 Å². The predicted molar refractivity (Wildman–Crippen MR) is 40.1 cm³/mol. The van der Waals surface area contributed by atoms with Crippen molar-refractivity contribution in [2.24, 2.45) is 0 Å². The minimum Gasteiger partial charge on any atom is -0.480 e. The summed E-state index contributed by atoms with van der Waals surface area (Å²) in [4.78, 5) is 11.3. The van der Waals surface area contributed by atoms with Gasteiger partial charge in [-0.3, -0.25) is 4.79 Å². The molecule has 0 atom stereocenters. The van der Waals surface area contributed by atoms with Crippen molar-refractivity contribution in [1.82, 2.24) is 15.0 Å². The van der Waals surface area contributed by atoms with Crippen LogP contribution in [-0.2, 0) is 11.3 Å². The Balaban J connectivity index is 2.81. The number of aryl methyl sites for hydroxylation is 1. The Morgan fingerprint density at radius 2 is 2.36 bits per heavy atom. The first-order valence-corrected chi connectivity index (χ1v) is 3.68. The summed E-state index contributed by atoms with van der Waals surface area (Å²) in [6.45, 7) is 1.54. The van der Waals surface area contributed by atoms with Crippen LogP contribution in [0, 0.1) is 6.92 Å². The predicted octanol–water partition coefficient (Wildman–Crippen LogP) is 0.434. The van der Waals surface area contributed by atoms with Crippen LogP contribution >= 0.6 is 15.9 Å². The Hall–Kier alpha value is -0.910. The van der Waals surface area contributed by atoms with Crippen molar-refractivity contribution in [2.75, 3.05) is 0 Å². The van der Waals surface area contributed by atoms with Gasteiger partial charge in [0.25, 0.3) is 0 Å². The van der Waals surface area contributed by atoms with Crippen LogP contribution in [0.2, 0.25) is 0 Å². The Bertz CT molecular complexity index is 264. The summed E-state index contributed by atoms with van der Waals surface area (Å²) in [7, 11) is 0. The highest BCUT2D eigenvalue weighted by molar-refractivity contribution is 9.10. The third kappa shape index (κ3) is 2.01. The van der Waals surface area contributed by atoms with Crippen LogP contribution in [0.15, 0.2) is 4.60 Å². The van der Waals surface area contributed by atoms with Gasteiger partial charge in [-0.15, -0.1) is 5.10 Å². The second-order valence-electron chi connectivity index (χ2n) is 2.00. The molecule has 1 rings (SSSR count). The number of aliphatic carboxylic acids is 1. The smallest absolute Gasteiger partial charge is 0.327 e. The number of halogens is 1. The van der Waals surface area contributed by atoms with Crippen molar-refractivity contribution in [3.8, 4) is 0 Å². The summed E-state index contributed by atoms with van der Waals surface area (Å²) in [5.74, 6) is -0.951. The van der Waals surface area contributed by atoms with E-state index < -0.39 is 5.97 Å². The molecule has 5 nitrogen and oxygen atoms in total. The Morgan fingerprint density at radius 1 is 1.73 bits per heavy atom. The molecule has 0 unspecified atom stereocenters. The van der Waals surface area contributed by atoms with E-state index in [4.69, 9.17) is 5.11 Å². The third-order valence-corrected chi connectivity index (χ3v) is 1.78. The topological polar surface area (TPSA) is 68.0 Å². The lowest BCUT2D eigenvalue weighted by atomic mass is 10.6. The van der Waals surface area contributed by atoms with Gasteiger partial charge >= 0.3 is 5.97 Å². The lowest BCUT2D eigenvalue weighted by Gasteiger charge is -1.90. The molecule has 0 spiro atoms. The second-order valence-corrected chi connectivity index (χ2v) is 2.75. The molecule has 0 bridgehead atoms. The molecule has 0 aliphatic carbocycles. The van der Waals surface area contributed by atoms with Gasteiger partial charge in [-0.25, -0.2) is 0 Å². The van der Waals surface area contributed by atoms with Gasteiger partial charge in [0.1, 0.15) is 0 Å². The van der Waals surface area contributed by atoms with Crippen LogP contribution in [0.5, 0.6) is 0 Å². The Kier molecular flexibility index (Phi) is 2.23. The highest BCUT2D eigenvalue weighted by Crippen LogP contribution is 2.08. The second kappa shape index (κ2) is 3.00. The lowest BCUT2D eigenvalue weighted by molar-refractivity contribution is -0.138. The summed E-state index contributed by atoms with van der Waals surface area (Å²) in [6, 6.07) is 0. The van der Waals surface area contributed by atoms with E-state index in [9.17, 15) is 4.79 Å². The van der Waals surface area contributed by atoms with Gasteiger partial charge in [0.05, 0.1) is 5.69 Å². The quantitative estimate of drug-likeness (QED) is 0.784. The van der Waals surface area contributed by atoms with Crippen molar-refractivity contribution < 1.29 is 9.90 Å². The van der Waals surface area contributed by atoms with Crippen LogP contribution in [0.3, 0.4) is 0 Å². The molecule has 6 heteroatoms. The molecular formula is C5H6BrN3O2. The van der Waals surface area contributed by atoms with Crippen LogP contribution in [-0.4, -0.2) is 26.1 Å². The maximum Gasteiger partial charge on any atom is 0.327 e.